The minimum atomic E-state index is 0.379. The number of nitrogens with zero attached hydrogens (tertiary/aromatic N) is 2. The first-order valence-electron chi connectivity index (χ1n) is 5.73. The monoisotopic (exact) mass is 221 g/mol. The normalized spacial score (nSPS) is 24.8. The summed E-state index contributed by atoms with van der Waals surface area (Å²) in [5.74, 6) is 2.37. The summed E-state index contributed by atoms with van der Waals surface area (Å²) < 4.78 is 5.34. The first-order valence-corrected chi connectivity index (χ1v) is 5.73. The molecule has 0 radical (unpaired) electrons. The van der Waals surface area contributed by atoms with Crippen LogP contribution < -0.4 is 15.4 Å². The van der Waals surface area contributed by atoms with Gasteiger partial charge in [-0.15, -0.1) is 0 Å². The summed E-state index contributed by atoms with van der Waals surface area (Å²) in [6.07, 6.45) is 2.97. The highest BCUT2D eigenvalue weighted by Crippen LogP contribution is 2.33. The summed E-state index contributed by atoms with van der Waals surface area (Å²) >= 11 is 0. The van der Waals surface area contributed by atoms with E-state index in [1.54, 1.807) is 13.3 Å². The molecule has 2 rings (SSSR count). The largest absolute Gasteiger partial charge is 0.493 e. The molecular formula is C12H19N3O. The van der Waals surface area contributed by atoms with E-state index >= 15 is 0 Å². The molecule has 1 aromatic rings. The third-order valence-corrected chi connectivity index (χ3v) is 3.37. The topological polar surface area (TPSA) is 51.4 Å². The molecule has 1 aromatic heterocycles. The van der Waals surface area contributed by atoms with Crippen molar-refractivity contribution in [2.45, 2.75) is 19.4 Å². The maximum atomic E-state index is 5.83. The molecule has 0 bridgehead atoms. The lowest BCUT2D eigenvalue weighted by atomic mass is 10.0. The van der Waals surface area contributed by atoms with Crippen molar-refractivity contribution >= 4 is 5.82 Å². The van der Waals surface area contributed by atoms with Gasteiger partial charge in [0.2, 0.25) is 0 Å². The van der Waals surface area contributed by atoms with E-state index in [9.17, 15) is 0 Å². The minimum absolute atomic E-state index is 0.379. The zero-order valence-electron chi connectivity index (χ0n) is 9.89. The maximum Gasteiger partial charge on any atom is 0.171 e. The SMILES string of the molecule is COc1cccnc1N1CCC(C)C1CN. The van der Waals surface area contributed by atoms with Crippen molar-refractivity contribution in [1.29, 1.82) is 0 Å². The number of methoxy groups -OCH3 is 1. The number of hydrogen-bond acceptors (Lipinski definition) is 4. The lowest BCUT2D eigenvalue weighted by molar-refractivity contribution is 0.410. The van der Waals surface area contributed by atoms with Gasteiger partial charge in [-0.2, -0.15) is 0 Å². The van der Waals surface area contributed by atoms with Gasteiger partial charge in [0, 0.05) is 25.3 Å². The fourth-order valence-electron chi connectivity index (χ4n) is 2.39. The molecule has 1 saturated heterocycles. The van der Waals surface area contributed by atoms with Gasteiger partial charge >= 0.3 is 0 Å². The first-order chi connectivity index (χ1) is 7.77. The fourth-order valence-corrected chi connectivity index (χ4v) is 2.39. The smallest absolute Gasteiger partial charge is 0.171 e. The molecule has 0 amide bonds. The average Bonchev–Trinajstić information content (AvgIpc) is 2.70. The van der Waals surface area contributed by atoms with Crippen LogP contribution in [0.15, 0.2) is 18.3 Å². The van der Waals surface area contributed by atoms with Crippen molar-refractivity contribution in [1.82, 2.24) is 4.98 Å². The van der Waals surface area contributed by atoms with Gasteiger partial charge in [-0.3, -0.25) is 0 Å². The van der Waals surface area contributed by atoms with Gasteiger partial charge < -0.3 is 15.4 Å². The molecule has 0 aromatic carbocycles. The van der Waals surface area contributed by atoms with E-state index in [1.165, 1.54) is 6.42 Å². The highest BCUT2D eigenvalue weighted by atomic mass is 16.5. The Balaban J connectivity index is 2.29. The van der Waals surface area contributed by atoms with Crippen LogP contribution in [0.1, 0.15) is 13.3 Å². The Morgan fingerprint density at radius 1 is 1.62 bits per heavy atom. The van der Waals surface area contributed by atoms with Gasteiger partial charge in [-0.25, -0.2) is 4.98 Å². The third-order valence-electron chi connectivity index (χ3n) is 3.37. The van der Waals surface area contributed by atoms with Crippen molar-refractivity contribution in [2.24, 2.45) is 11.7 Å². The number of aromatic nitrogens is 1. The van der Waals surface area contributed by atoms with Crippen LogP contribution in [0.25, 0.3) is 0 Å². The van der Waals surface area contributed by atoms with Crippen LogP contribution in [-0.2, 0) is 0 Å². The highest BCUT2D eigenvalue weighted by Gasteiger charge is 2.32. The van der Waals surface area contributed by atoms with E-state index in [4.69, 9.17) is 10.5 Å². The molecule has 0 spiro atoms. The fraction of sp³-hybridized carbons (Fsp3) is 0.583. The number of pyridine rings is 1. The quantitative estimate of drug-likeness (QED) is 0.835. The molecule has 88 valence electrons. The Kier molecular flexibility index (Phi) is 3.29. The van der Waals surface area contributed by atoms with Crippen molar-refractivity contribution in [3.63, 3.8) is 0 Å². The van der Waals surface area contributed by atoms with Crippen LogP contribution in [0.3, 0.4) is 0 Å². The van der Waals surface area contributed by atoms with E-state index in [0.717, 1.165) is 18.1 Å². The van der Waals surface area contributed by atoms with Crippen molar-refractivity contribution in [2.75, 3.05) is 25.1 Å². The molecule has 1 fully saturated rings. The highest BCUT2D eigenvalue weighted by molar-refractivity contribution is 5.53. The Hall–Kier alpha value is -1.29. The lowest BCUT2D eigenvalue weighted by Crippen LogP contribution is -2.39. The molecule has 0 aliphatic carbocycles. The zero-order chi connectivity index (χ0) is 11.5. The molecule has 2 N–H and O–H groups in total. The molecule has 2 heterocycles. The number of ether oxygens (including phenoxy) is 1. The Labute approximate surface area is 96.4 Å². The third kappa shape index (κ3) is 1.85. The van der Waals surface area contributed by atoms with Crippen LogP contribution in [-0.4, -0.2) is 31.2 Å². The van der Waals surface area contributed by atoms with E-state index in [2.05, 4.69) is 16.8 Å². The van der Waals surface area contributed by atoms with Crippen LogP contribution in [0.2, 0.25) is 0 Å². The summed E-state index contributed by atoms with van der Waals surface area (Å²) in [5, 5.41) is 0. The summed E-state index contributed by atoms with van der Waals surface area (Å²) in [6.45, 7) is 3.92. The van der Waals surface area contributed by atoms with Gasteiger partial charge in [-0.05, 0) is 24.5 Å². The second-order valence-corrected chi connectivity index (χ2v) is 4.29. The standard InChI is InChI=1S/C12H19N3O/c1-9-5-7-15(10(9)8-13)12-11(16-2)4-3-6-14-12/h3-4,6,9-10H,5,7-8,13H2,1-2H3. The van der Waals surface area contributed by atoms with Crippen LogP contribution in [0.4, 0.5) is 5.82 Å². The minimum Gasteiger partial charge on any atom is -0.493 e. The summed E-state index contributed by atoms with van der Waals surface area (Å²) in [7, 11) is 1.68. The van der Waals surface area contributed by atoms with E-state index < -0.39 is 0 Å². The predicted molar refractivity (Wildman–Crippen MR) is 64.8 cm³/mol. The molecule has 2 atom stereocenters. The average molecular weight is 221 g/mol. The Morgan fingerprint density at radius 2 is 2.44 bits per heavy atom. The summed E-state index contributed by atoms with van der Waals surface area (Å²) in [6, 6.07) is 4.21. The number of anilines is 1. The van der Waals surface area contributed by atoms with Crippen molar-refractivity contribution in [3.8, 4) is 5.75 Å². The van der Waals surface area contributed by atoms with Crippen LogP contribution in [0, 0.1) is 5.92 Å². The molecule has 1 aliphatic rings. The van der Waals surface area contributed by atoms with Gasteiger partial charge in [0.25, 0.3) is 0 Å². The summed E-state index contributed by atoms with van der Waals surface area (Å²) in [5.41, 5.74) is 5.83. The molecule has 4 nitrogen and oxygen atoms in total. The zero-order valence-corrected chi connectivity index (χ0v) is 9.89. The van der Waals surface area contributed by atoms with Gasteiger partial charge in [0.1, 0.15) is 0 Å². The van der Waals surface area contributed by atoms with E-state index in [1.807, 2.05) is 12.1 Å². The van der Waals surface area contributed by atoms with Crippen molar-refractivity contribution in [3.05, 3.63) is 18.3 Å². The molecular weight excluding hydrogens is 202 g/mol. The molecule has 4 heteroatoms. The van der Waals surface area contributed by atoms with Crippen molar-refractivity contribution < 1.29 is 4.74 Å². The molecule has 16 heavy (non-hydrogen) atoms. The molecule has 1 aliphatic heterocycles. The molecule has 0 saturated carbocycles. The number of rotatable bonds is 3. The van der Waals surface area contributed by atoms with Crippen LogP contribution in [0.5, 0.6) is 5.75 Å². The second-order valence-electron chi connectivity index (χ2n) is 4.29. The first kappa shape index (κ1) is 11.2. The van der Waals surface area contributed by atoms with Gasteiger partial charge in [0.15, 0.2) is 11.6 Å². The Bertz CT molecular complexity index is 356. The number of nitrogens with two attached hydrogens (primary N) is 1. The lowest BCUT2D eigenvalue weighted by Gasteiger charge is -2.27. The molecule has 2 unspecified atom stereocenters. The second kappa shape index (κ2) is 4.70. The van der Waals surface area contributed by atoms with Gasteiger partial charge in [0.05, 0.1) is 7.11 Å². The Morgan fingerprint density at radius 3 is 3.12 bits per heavy atom. The van der Waals surface area contributed by atoms with E-state index in [-0.39, 0.29) is 0 Å². The van der Waals surface area contributed by atoms with Crippen LogP contribution >= 0.6 is 0 Å². The predicted octanol–water partition coefficient (Wildman–Crippen LogP) is 1.26. The number of hydrogen-bond donors (Lipinski definition) is 1. The maximum absolute atomic E-state index is 5.83. The summed E-state index contributed by atoms with van der Waals surface area (Å²) in [4.78, 5) is 6.68. The van der Waals surface area contributed by atoms with Gasteiger partial charge in [-0.1, -0.05) is 6.92 Å². The van der Waals surface area contributed by atoms with E-state index in [0.29, 0.717) is 18.5 Å².